The Morgan fingerprint density at radius 1 is 0.963 bits per heavy atom. The van der Waals surface area contributed by atoms with Gasteiger partial charge in [-0.05, 0) is 48.5 Å². The summed E-state index contributed by atoms with van der Waals surface area (Å²) in [6.45, 7) is 0. The van der Waals surface area contributed by atoms with Gasteiger partial charge in [0, 0.05) is 11.4 Å². The number of nitrogens with zero attached hydrogens (tertiary/aromatic N) is 2. The minimum atomic E-state index is -0.334. The van der Waals surface area contributed by atoms with Gasteiger partial charge < -0.3 is 5.32 Å². The van der Waals surface area contributed by atoms with E-state index in [0.29, 0.717) is 5.69 Å². The Morgan fingerprint density at radius 2 is 1.67 bits per heavy atom. The van der Waals surface area contributed by atoms with Gasteiger partial charge >= 0.3 is 0 Å². The van der Waals surface area contributed by atoms with Crippen LogP contribution >= 0.6 is 11.8 Å². The monoisotopic (exact) mass is 377 g/mol. The van der Waals surface area contributed by atoms with E-state index >= 15 is 0 Å². The van der Waals surface area contributed by atoms with E-state index in [1.807, 2.05) is 59.2 Å². The topological polar surface area (TPSA) is 46.9 Å². The van der Waals surface area contributed by atoms with Gasteiger partial charge in [0.15, 0.2) is 5.16 Å². The van der Waals surface area contributed by atoms with E-state index in [4.69, 9.17) is 0 Å². The number of hydrogen-bond donors (Lipinski definition) is 1. The molecule has 0 aliphatic heterocycles. The highest BCUT2D eigenvalue weighted by Gasteiger charge is 2.14. The average Bonchev–Trinajstić information content (AvgIpc) is 3.07. The summed E-state index contributed by atoms with van der Waals surface area (Å²) >= 11 is 1.36. The predicted octanol–water partition coefficient (Wildman–Crippen LogP) is 4.90. The Kier molecular flexibility index (Phi) is 4.89. The molecule has 0 aliphatic carbocycles. The van der Waals surface area contributed by atoms with Crippen molar-refractivity contribution in [2.75, 3.05) is 11.1 Å². The molecule has 0 fully saturated rings. The molecule has 1 N–H and O–H groups in total. The van der Waals surface area contributed by atoms with Crippen LogP contribution in [-0.4, -0.2) is 21.2 Å². The first-order valence-corrected chi connectivity index (χ1v) is 9.40. The fraction of sp³-hybridized carbons (Fsp3) is 0.0476. The fourth-order valence-corrected chi connectivity index (χ4v) is 3.62. The molecule has 0 unspecified atom stereocenters. The molecular formula is C21H16FN3OS. The maximum absolute atomic E-state index is 13.0. The second kappa shape index (κ2) is 7.63. The smallest absolute Gasteiger partial charge is 0.234 e. The standard InChI is InChI=1S/C21H16FN3OS/c22-15-10-12-16(13-11-15)23-20(26)14-27-21-24-18-8-4-5-9-19(18)25(21)17-6-2-1-3-7-17/h1-13H,14H2,(H,23,26). The van der Waals surface area contributed by atoms with Crippen molar-refractivity contribution in [3.05, 3.63) is 84.7 Å². The van der Waals surface area contributed by atoms with Crippen LogP contribution in [0.2, 0.25) is 0 Å². The molecule has 1 aromatic heterocycles. The van der Waals surface area contributed by atoms with Crippen LogP contribution in [0.3, 0.4) is 0 Å². The average molecular weight is 377 g/mol. The molecule has 0 bridgehead atoms. The van der Waals surface area contributed by atoms with Crippen molar-refractivity contribution >= 4 is 34.4 Å². The quantitative estimate of drug-likeness (QED) is 0.504. The fourth-order valence-electron chi connectivity index (χ4n) is 2.79. The Bertz CT molecular complexity index is 1080. The van der Waals surface area contributed by atoms with Crippen LogP contribution in [0, 0.1) is 5.82 Å². The van der Waals surface area contributed by atoms with Gasteiger partial charge in [0.05, 0.1) is 16.8 Å². The summed E-state index contributed by atoms with van der Waals surface area (Å²) in [5.41, 5.74) is 3.43. The number of halogens is 1. The number of aromatic nitrogens is 2. The Morgan fingerprint density at radius 3 is 2.44 bits per heavy atom. The molecule has 1 heterocycles. The minimum Gasteiger partial charge on any atom is -0.325 e. The molecule has 0 atom stereocenters. The van der Waals surface area contributed by atoms with Crippen LogP contribution in [0.4, 0.5) is 10.1 Å². The molecule has 0 radical (unpaired) electrons. The van der Waals surface area contributed by atoms with Crippen LogP contribution in [-0.2, 0) is 4.79 Å². The van der Waals surface area contributed by atoms with Crippen molar-refractivity contribution in [3.63, 3.8) is 0 Å². The summed E-state index contributed by atoms with van der Waals surface area (Å²) in [4.78, 5) is 16.9. The lowest BCUT2D eigenvalue weighted by Crippen LogP contribution is -2.14. The number of para-hydroxylation sites is 3. The first-order valence-electron chi connectivity index (χ1n) is 8.42. The van der Waals surface area contributed by atoms with Crippen molar-refractivity contribution < 1.29 is 9.18 Å². The van der Waals surface area contributed by atoms with Gasteiger partial charge in [-0.3, -0.25) is 9.36 Å². The van der Waals surface area contributed by atoms with Crippen molar-refractivity contribution in [2.24, 2.45) is 0 Å². The SMILES string of the molecule is O=C(CSc1nc2ccccc2n1-c1ccccc1)Nc1ccc(F)cc1. The van der Waals surface area contributed by atoms with Crippen molar-refractivity contribution in [1.29, 1.82) is 0 Å². The van der Waals surface area contributed by atoms with Gasteiger partial charge in [0.2, 0.25) is 5.91 Å². The number of thioether (sulfide) groups is 1. The molecule has 0 aliphatic rings. The number of hydrogen-bond acceptors (Lipinski definition) is 3. The lowest BCUT2D eigenvalue weighted by atomic mass is 10.3. The number of imidazole rings is 1. The van der Waals surface area contributed by atoms with Crippen LogP contribution in [0.5, 0.6) is 0 Å². The Balaban J connectivity index is 1.57. The van der Waals surface area contributed by atoms with Gasteiger partial charge in [-0.1, -0.05) is 42.1 Å². The van der Waals surface area contributed by atoms with E-state index in [0.717, 1.165) is 21.9 Å². The maximum Gasteiger partial charge on any atom is 0.234 e. The maximum atomic E-state index is 13.0. The largest absolute Gasteiger partial charge is 0.325 e. The first kappa shape index (κ1) is 17.3. The zero-order valence-corrected chi connectivity index (χ0v) is 15.1. The summed E-state index contributed by atoms with van der Waals surface area (Å²) in [6, 6.07) is 23.5. The van der Waals surface area contributed by atoms with E-state index in [9.17, 15) is 9.18 Å². The predicted molar refractivity (Wildman–Crippen MR) is 107 cm³/mol. The van der Waals surface area contributed by atoms with Gasteiger partial charge in [-0.25, -0.2) is 9.37 Å². The van der Waals surface area contributed by atoms with Crippen molar-refractivity contribution in [3.8, 4) is 5.69 Å². The number of carbonyl (C=O) groups is 1. The molecule has 1 amide bonds. The van der Waals surface area contributed by atoms with E-state index in [2.05, 4.69) is 10.3 Å². The van der Waals surface area contributed by atoms with E-state index < -0.39 is 0 Å². The molecule has 3 aromatic carbocycles. The molecule has 0 saturated heterocycles. The molecule has 4 nitrogen and oxygen atoms in total. The number of rotatable bonds is 5. The van der Waals surface area contributed by atoms with Crippen LogP contribution in [0.1, 0.15) is 0 Å². The van der Waals surface area contributed by atoms with Crippen LogP contribution in [0.25, 0.3) is 16.7 Å². The van der Waals surface area contributed by atoms with E-state index in [1.54, 1.807) is 0 Å². The number of nitrogens with one attached hydrogen (secondary N) is 1. The Labute approximate surface area is 160 Å². The number of carbonyl (C=O) groups excluding carboxylic acids is 1. The minimum absolute atomic E-state index is 0.168. The highest BCUT2D eigenvalue weighted by molar-refractivity contribution is 7.99. The Hall–Kier alpha value is -3.12. The summed E-state index contributed by atoms with van der Waals surface area (Å²) in [5, 5.41) is 3.52. The van der Waals surface area contributed by atoms with Gasteiger partial charge in [-0.2, -0.15) is 0 Å². The molecule has 0 spiro atoms. The zero-order chi connectivity index (χ0) is 18.6. The third-order valence-corrected chi connectivity index (χ3v) is 4.94. The molecule has 134 valence electrons. The normalized spacial score (nSPS) is 10.9. The summed E-state index contributed by atoms with van der Waals surface area (Å²) < 4.78 is 15.0. The lowest BCUT2D eigenvalue weighted by Gasteiger charge is -2.09. The van der Waals surface area contributed by atoms with Crippen LogP contribution in [0.15, 0.2) is 84.0 Å². The molecule has 4 aromatic rings. The second-order valence-corrected chi connectivity index (χ2v) is 6.84. The molecule has 4 rings (SSSR count). The zero-order valence-electron chi connectivity index (χ0n) is 14.3. The molecule has 6 heteroatoms. The number of amides is 1. The van der Waals surface area contributed by atoms with Crippen molar-refractivity contribution in [1.82, 2.24) is 9.55 Å². The summed E-state index contributed by atoms with van der Waals surface area (Å²) in [6.07, 6.45) is 0. The van der Waals surface area contributed by atoms with E-state index in [-0.39, 0.29) is 17.5 Å². The number of fused-ring (bicyclic) bond motifs is 1. The van der Waals surface area contributed by atoms with Gasteiger partial charge in [0.25, 0.3) is 0 Å². The van der Waals surface area contributed by atoms with Crippen molar-refractivity contribution in [2.45, 2.75) is 5.16 Å². The van der Waals surface area contributed by atoms with Gasteiger partial charge in [0.1, 0.15) is 5.82 Å². The lowest BCUT2D eigenvalue weighted by molar-refractivity contribution is -0.113. The van der Waals surface area contributed by atoms with E-state index in [1.165, 1.54) is 36.0 Å². The first-order chi connectivity index (χ1) is 13.2. The molecule has 27 heavy (non-hydrogen) atoms. The number of benzene rings is 3. The van der Waals surface area contributed by atoms with Crippen LogP contribution < -0.4 is 5.32 Å². The molecular weight excluding hydrogens is 361 g/mol. The second-order valence-electron chi connectivity index (χ2n) is 5.90. The summed E-state index contributed by atoms with van der Waals surface area (Å²) in [5.74, 6) is -0.301. The summed E-state index contributed by atoms with van der Waals surface area (Å²) in [7, 11) is 0. The third kappa shape index (κ3) is 3.85. The van der Waals surface area contributed by atoms with Gasteiger partial charge in [-0.15, -0.1) is 0 Å². The highest BCUT2D eigenvalue weighted by Crippen LogP contribution is 2.28. The highest BCUT2D eigenvalue weighted by atomic mass is 32.2. The number of anilines is 1. The third-order valence-electron chi connectivity index (χ3n) is 4.00. The molecule has 0 saturated carbocycles.